The van der Waals surface area contributed by atoms with Crippen LogP contribution in [0.4, 0.5) is 10.5 Å². The Morgan fingerprint density at radius 1 is 1.53 bits per heavy atom. The molecule has 1 saturated heterocycles. The van der Waals surface area contributed by atoms with E-state index in [1.54, 1.807) is 10.9 Å². The van der Waals surface area contributed by atoms with E-state index >= 15 is 0 Å². The first kappa shape index (κ1) is 12.0. The van der Waals surface area contributed by atoms with Gasteiger partial charge in [0.15, 0.2) is 0 Å². The van der Waals surface area contributed by atoms with Crippen molar-refractivity contribution in [3.63, 3.8) is 0 Å². The van der Waals surface area contributed by atoms with Crippen LogP contribution >= 0.6 is 0 Å². The maximum absolute atomic E-state index is 11.9. The number of anilines is 1. The number of piperidine rings is 1. The zero-order chi connectivity index (χ0) is 12.3. The summed E-state index contributed by atoms with van der Waals surface area (Å²) in [6, 6.07) is -0.00690. The van der Waals surface area contributed by atoms with Gasteiger partial charge >= 0.3 is 6.03 Å². The summed E-state index contributed by atoms with van der Waals surface area (Å²) in [6.45, 7) is 6.78. The van der Waals surface area contributed by atoms with Crippen LogP contribution in [0.25, 0.3) is 0 Å². The quantitative estimate of drug-likeness (QED) is 0.855. The van der Waals surface area contributed by atoms with Crippen LogP contribution in [0.5, 0.6) is 0 Å². The Balaban J connectivity index is 1.88. The highest BCUT2D eigenvalue weighted by Gasteiger charge is 2.20. The molecule has 2 amide bonds. The Bertz CT molecular complexity index is 380. The van der Waals surface area contributed by atoms with Crippen LogP contribution in [0.3, 0.4) is 0 Å². The Kier molecular flexibility index (Phi) is 3.66. The second kappa shape index (κ2) is 5.21. The predicted octanol–water partition coefficient (Wildman–Crippen LogP) is 2.17. The van der Waals surface area contributed by atoms with Crippen molar-refractivity contribution in [2.75, 3.05) is 18.4 Å². The van der Waals surface area contributed by atoms with Crippen LogP contribution in [-0.4, -0.2) is 33.8 Å². The van der Waals surface area contributed by atoms with Crippen molar-refractivity contribution in [2.24, 2.45) is 5.92 Å². The van der Waals surface area contributed by atoms with Gasteiger partial charge < -0.3 is 10.2 Å². The molecule has 1 fully saturated rings. The summed E-state index contributed by atoms with van der Waals surface area (Å²) in [6.07, 6.45) is 5.74. The number of likely N-dealkylation sites (tertiary alicyclic amines) is 1. The molecule has 1 N–H and O–H groups in total. The molecule has 2 rings (SSSR count). The Morgan fingerprint density at radius 2 is 2.24 bits per heavy atom. The first-order valence-electron chi connectivity index (χ1n) is 6.27. The number of rotatable bonds is 2. The zero-order valence-corrected chi connectivity index (χ0v) is 10.5. The van der Waals surface area contributed by atoms with Gasteiger partial charge in [0, 0.05) is 25.8 Å². The number of urea groups is 1. The summed E-state index contributed by atoms with van der Waals surface area (Å²) in [5.74, 6) is 0.738. The normalized spacial score (nSPS) is 17.2. The summed E-state index contributed by atoms with van der Waals surface area (Å²) >= 11 is 0. The molecule has 5 heteroatoms. The number of nitrogens with zero attached hydrogens (tertiary/aromatic N) is 3. The number of carbonyl (C=O) groups is 1. The molecule has 94 valence electrons. The van der Waals surface area contributed by atoms with Crippen molar-refractivity contribution in [3.05, 3.63) is 12.4 Å². The molecular formula is C12H20N4O. The molecular weight excluding hydrogens is 216 g/mol. The van der Waals surface area contributed by atoms with Crippen LogP contribution in [0.15, 0.2) is 12.4 Å². The minimum atomic E-state index is -0.00690. The van der Waals surface area contributed by atoms with Crippen molar-refractivity contribution in [1.82, 2.24) is 14.7 Å². The number of carbonyl (C=O) groups excluding carboxylic acids is 1. The summed E-state index contributed by atoms with van der Waals surface area (Å²) < 4.78 is 1.80. The van der Waals surface area contributed by atoms with Crippen molar-refractivity contribution in [3.8, 4) is 0 Å². The molecule has 0 atom stereocenters. The van der Waals surface area contributed by atoms with E-state index in [4.69, 9.17) is 0 Å². The lowest BCUT2D eigenvalue weighted by Gasteiger charge is -2.30. The van der Waals surface area contributed by atoms with Gasteiger partial charge in [-0.25, -0.2) is 4.79 Å². The topological polar surface area (TPSA) is 50.2 Å². The van der Waals surface area contributed by atoms with E-state index in [2.05, 4.69) is 17.3 Å². The number of hydrogen-bond donors (Lipinski definition) is 1. The second-order valence-electron chi connectivity index (χ2n) is 4.68. The van der Waals surface area contributed by atoms with E-state index in [0.717, 1.165) is 44.1 Å². The smallest absolute Gasteiger partial charge is 0.321 e. The standard InChI is InChI=1S/C12H20N4O/c1-3-16-9-11(8-13-16)14-12(17)15-6-4-10(2)5-7-15/h8-10H,3-7H2,1-2H3,(H,14,17). The molecule has 0 unspecified atom stereocenters. The van der Waals surface area contributed by atoms with Gasteiger partial charge in [-0.3, -0.25) is 4.68 Å². The third kappa shape index (κ3) is 2.99. The minimum absolute atomic E-state index is 0.00690. The van der Waals surface area contributed by atoms with E-state index in [1.807, 2.05) is 18.0 Å². The minimum Gasteiger partial charge on any atom is -0.325 e. The molecule has 0 saturated carbocycles. The molecule has 1 aliphatic rings. The first-order chi connectivity index (χ1) is 8.19. The molecule has 1 aromatic heterocycles. The number of hydrogen-bond acceptors (Lipinski definition) is 2. The zero-order valence-electron chi connectivity index (χ0n) is 10.5. The molecule has 2 heterocycles. The van der Waals surface area contributed by atoms with Crippen molar-refractivity contribution in [1.29, 1.82) is 0 Å². The largest absolute Gasteiger partial charge is 0.325 e. The molecule has 0 aromatic carbocycles. The highest BCUT2D eigenvalue weighted by atomic mass is 16.2. The number of aryl methyl sites for hydroxylation is 1. The lowest BCUT2D eigenvalue weighted by molar-refractivity contribution is 0.186. The highest BCUT2D eigenvalue weighted by molar-refractivity contribution is 5.89. The van der Waals surface area contributed by atoms with Crippen LogP contribution in [0.1, 0.15) is 26.7 Å². The Morgan fingerprint density at radius 3 is 2.82 bits per heavy atom. The van der Waals surface area contributed by atoms with Crippen molar-refractivity contribution < 1.29 is 4.79 Å². The highest BCUT2D eigenvalue weighted by Crippen LogP contribution is 2.17. The summed E-state index contributed by atoms with van der Waals surface area (Å²) in [4.78, 5) is 13.8. The predicted molar refractivity (Wildman–Crippen MR) is 66.9 cm³/mol. The molecule has 5 nitrogen and oxygen atoms in total. The maximum Gasteiger partial charge on any atom is 0.321 e. The lowest BCUT2D eigenvalue weighted by atomic mass is 10.00. The fourth-order valence-corrected chi connectivity index (χ4v) is 2.02. The van der Waals surface area contributed by atoms with Crippen molar-refractivity contribution >= 4 is 11.7 Å². The summed E-state index contributed by atoms with van der Waals surface area (Å²) in [5.41, 5.74) is 0.774. The number of aromatic nitrogens is 2. The van der Waals surface area contributed by atoms with Gasteiger partial charge in [0.05, 0.1) is 11.9 Å². The monoisotopic (exact) mass is 236 g/mol. The molecule has 0 radical (unpaired) electrons. The lowest BCUT2D eigenvalue weighted by Crippen LogP contribution is -2.40. The average molecular weight is 236 g/mol. The van der Waals surface area contributed by atoms with E-state index in [1.165, 1.54) is 0 Å². The van der Waals surface area contributed by atoms with E-state index in [9.17, 15) is 4.79 Å². The first-order valence-corrected chi connectivity index (χ1v) is 6.27. The molecule has 1 aliphatic heterocycles. The van der Waals surface area contributed by atoms with Crippen LogP contribution < -0.4 is 5.32 Å². The Labute approximate surface area is 102 Å². The number of amides is 2. The third-order valence-corrected chi connectivity index (χ3v) is 3.28. The summed E-state index contributed by atoms with van der Waals surface area (Å²) in [5, 5.41) is 7.01. The van der Waals surface area contributed by atoms with Gasteiger partial charge in [0.25, 0.3) is 0 Å². The van der Waals surface area contributed by atoms with E-state index in [0.29, 0.717) is 0 Å². The molecule has 0 spiro atoms. The fraction of sp³-hybridized carbons (Fsp3) is 0.667. The second-order valence-corrected chi connectivity index (χ2v) is 4.68. The van der Waals surface area contributed by atoms with Crippen LogP contribution in [0.2, 0.25) is 0 Å². The van der Waals surface area contributed by atoms with Gasteiger partial charge in [-0.05, 0) is 25.7 Å². The third-order valence-electron chi connectivity index (χ3n) is 3.28. The van der Waals surface area contributed by atoms with E-state index in [-0.39, 0.29) is 6.03 Å². The molecule has 0 bridgehead atoms. The summed E-state index contributed by atoms with van der Waals surface area (Å²) in [7, 11) is 0. The van der Waals surface area contributed by atoms with Gasteiger partial charge in [0.2, 0.25) is 0 Å². The van der Waals surface area contributed by atoms with Crippen LogP contribution in [-0.2, 0) is 6.54 Å². The maximum atomic E-state index is 11.9. The molecule has 0 aliphatic carbocycles. The van der Waals surface area contributed by atoms with Gasteiger partial charge in [-0.1, -0.05) is 6.92 Å². The SMILES string of the molecule is CCn1cc(NC(=O)N2CCC(C)CC2)cn1. The Hall–Kier alpha value is -1.52. The van der Waals surface area contributed by atoms with Crippen LogP contribution in [0, 0.1) is 5.92 Å². The molecule has 17 heavy (non-hydrogen) atoms. The van der Waals surface area contributed by atoms with Gasteiger partial charge in [-0.15, -0.1) is 0 Å². The molecule has 1 aromatic rings. The number of nitrogens with one attached hydrogen (secondary N) is 1. The van der Waals surface area contributed by atoms with Gasteiger partial charge in [-0.2, -0.15) is 5.10 Å². The van der Waals surface area contributed by atoms with E-state index < -0.39 is 0 Å². The van der Waals surface area contributed by atoms with Gasteiger partial charge in [0.1, 0.15) is 0 Å². The van der Waals surface area contributed by atoms with Crippen molar-refractivity contribution in [2.45, 2.75) is 33.2 Å². The fourth-order valence-electron chi connectivity index (χ4n) is 2.02. The average Bonchev–Trinajstić information content (AvgIpc) is 2.77.